The second-order valence-electron chi connectivity index (χ2n) is 5.83. The van der Waals surface area contributed by atoms with Gasteiger partial charge in [-0.25, -0.2) is 4.63 Å². The lowest BCUT2D eigenvalue weighted by atomic mass is 9.80. The van der Waals surface area contributed by atoms with Gasteiger partial charge in [-0.15, -0.1) is 0 Å². The van der Waals surface area contributed by atoms with Crippen molar-refractivity contribution in [3.8, 4) is 11.5 Å². The summed E-state index contributed by atoms with van der Waals surface area (Å²) in [7, 11) is 3.19. The zero-order valence-electron chi connectivity index (χ0n) is 13.6. The fraction of sp³-hybridized carbons (Fsp3) is 0.438. The van der Waals surface area contributed by atoms with Crippen LogP contribution in [0.4, 0.5) is 11.6 Å². The Kier molecular flexibility index (Phi) is 4.54. The molecule has 2 atom stereocenters. The minimum atomic E-state index is -0.0708. The van der Waals surface area contributed by atoms with Crippen LogP contribution in [0.25, 0.3) is 0 Å². The van der Waals surface area contributed by atoms with E-state index in [2.05, 4.69) is 20.3 Å². The van der Waals surface area contributed by atoms with E-state index in [1.54, 1.807) is 14.2 Å². The molecule has 0 saturated heterocycles. The molecule has 0 aliphatic heterocycles. The third kappa shape index (κ3) is 3.27. The number of nitrogens with one attached hydrogen (secondary N) is 1. The SMILES string of the molecule is COc1ccc([C@H]2CC(=O)C[C@@H](Nc3nonc3N)C2)cc1OC. The van der Waals surface area contributed by atoms with Gasteiger partial charge in [0.15, 0.2) is 11.5 Å². The third-order valence-corrected chi connectivity index (χ3v) is 4.25. The first-order valence-electron chi connectivity index (χ1n) is 7.69. The third-order valence-electron chi connectivity index (χ3n) is 4.25. The molecule has 0 bridgehead atoms. The van der Waals surface area contributed by atoms with E-state index < -0.39 is 0 Å². The number of carbonyl (C=O) groups is 1. The molecule has 0 spiro atoms. The zero-order valence-corrected chi connectivity index (χ0v) is 13.6. The summed E-state index contributed by atoms with van der Waals surface area (Å²) < 4.78 is 15.2. The van der Waals surface area contributed by atoms with E-state index in [9.17, 15) is 4.79 Å². The molecule has 1 aromatic carbocycles. The molecule has 8 nitrogen and oxygen atoms in total. The number of carbonyl (C=O) groups excluding carboxylic acids is 1. The highest BCUT2D eigenvalue weighted by Crippen LogP contribution is 2.37. The van der Waals surface area contributed by atoms with E-state index in [0.717, 1.165) is 12.0 Å². The fourth-order valence-corrected chi connectivity index (χ4v) is 3.10. The Balaban J connectivity index is 1.78. The molecule has 8 heteroatoms. The average molecular weight is 332 g/mol. The Labute approximate surface area is 139 Å². The van der Waals surface area contributed by atoms with Crippen molar-refractivity contribution in [2.75, 3.05) is 25.3 Å². The summed E-state index contributed by atoms with van der Waals surface area (Å²) in [5, 5.41) is 10.4. The smallest absolute Gasteiger partial charge is 0.215 e. The molecule has 1 aliphatic carbocycles. The average Bonchev–Trinajstić information content (AvgIpc) is 2.98. The van der Waals surface area contributed by atoms with Crippen molar-refractivity contribution in [1.29, 1.82) is 0 Å². The van der Waals surface area contributed by atoms with Gasteiger partial charge in [0.25, 0.3) is 0 Å². The molecule has 1 saturated carbocycles. The zero-order chi connectivity index (χ0) is 17.1. The summed E-state index contributed by atoms with van der Waals surface area (Å²) >= 11 is 0. The monoisotopic (exact) mass is 332 g/mol. The largest absolute Gasteiger partial charge is 0.493 e. The molecular weight excluding hydrogens is 312 g/mol. The van der Waals surface area contributed by atoms with E-state index in [-0.39, 0.29) is 23.6 Å². The van der Waals surface area contributed by atoms with Crippen LogP contribution in [-0.4, -0.2) is 36.4 Å². The minimum absolute atomic E-state index is 0.0708. The number of rotatable bonds is 5. The van der Waals surface area contributed by atoms with Crippen molar-refractivity contribution >= 4 is 17.4 Å². The molecule has 0 radical (unpaired) electrons. The number of nitrogen functional groups attached to an aromatic ring is 1. The Hall–Kier alpha value is -2.77. The van der Waals surface area contributed by atoms with Gasteiger partial charge in [-0.1, -0.05) is 6.07 Å². The molecule has 0 unspecified atom stereocenters. The minimum Gasteiger partial charge on any atom is -0.493 e. The number of methoxy groups -OCH3 is 2. The van der Waals surface area contributed by atoms with E-state index in [0.29, 0.717) is 30.2 Å². The Morgan fingerprint density at radius 2 is 2.00 bits per heavy atom. The van der Waals surface area contributed by atoms with Crippen molar-refractivity contribution in [3.63, 3.8) is 0 Å². The summed E-state index contributed by atoms with van der Waals surface area (Å²) in [6.45, 7) is 0. The van der Waals surface area contributed by atoms with Gasteiger partial charge in [0.05, 0.1) is 14.2 Å². The number of Topliss-reactive ketones (excluding diaryl/α,β-unsaturated/α-hetero) is 1. The quantitative estimate of drug-likeness (QED) is 0.854. The Morgan fingerprint density at radius 3 is 2.67 bits per heavy atom. The maximum atomic E-state index is 12.2. The molecule has 1 aliphatic rings. The Morgan fingerprint density at radius 1 is 1.21 bits per heavy atom. The van der Waals surface area contributed by atoms with Crippen molar-refractivity contribution in [3.05, 3.63) is 23.8 Å². The van der Waals surface area contributed by atoms with Gasteiger partial charge < -0.3 is 20.5 Å². The standard InChI is InChI=1S/C16H20N4O4/c1-22-13-4-3-9(7-14(13)23-2)10-5-11(8-12(21)6-10)18-16-15(17)19-24-20-16/h3-4,7,10-11H,5-6,8H2,1-2H3,(H2,17,19)(H,18,20)/t10-,11+/m1/s1. The maximum Gasteiger partial charge on any atom is 0.215 e. The lowest BCUT2D eigenvalue weighted by Gasteiger charge is -2.29. The number of nitrogens with zero attached hydrogens (tertiary/aromatic N) is 2. The predicted octanol–water partition coefficient (Wildman–Crippen LogP) is 1.99. The summed E-state index contributed by atoms with van der Waals surface area (Å²) in [5.74, 6) is 2.16. The van der Waals surface area contributed by atoms with Gasteiger partial charge in [-0.3, -0.25) is 4.79 Å². The molecule has 2 aromatic rings. The molecule has 3 rings (SSSR count). The molecule has 0 amide bonds. The number of ether oxygens (including phenoxy) is 2. The number of hydrogen-bond acceptors (Lipinski definition) is 8. The molecule has 3 N–H and O–H groups in total. The van der Waals surface area contributed by atoms with Gasteiger partial charge in [-0.05, 0) is 40.3 Å². The first kappa shape index (κ1) is 16.1. The molecule has 1 heterocycles. The van der Waals surface area contributed by atoms with Crippen molar-refractivity contribution < 1.29 is 18.9 Å². The van der Waals surface area contributed by atoms with Crippen molar-refractivity contribution in [2.45, 2.75) is 31.2 Å². The van der Waals surface area contributed by atoms with Gasteiger partial charge in [0, 0.05) is 18.9 Å². The maximum absolute atomic E-state index is 12.2. The highest BCUT2D eigenvalue weighted by Gasteiger charge is 2.30. The van der Waals surface area contributed by atoms with Gasteiger partial charge in [-0.2, -0.15) is 0 Å². The van der Waals surface area contributed by atoms with Crippen LogP contribution in [0.3, 0.4) is 0 Å². The van der Waals surface area contributed by atoms with Crippen molar-refractivity contribution in [2.24, 2.45) is 0 Å². The second kappa shape index (κ2) is 6.77. The molecular formula is C16H20N4O4. The van der Waals surface area contributed by atoms with Crippen LogP contribution in [0.5, 0.6) is 11.5 Å². The number of aromatic nitrogens is 2. The number of ketones is 1. The molecule has 1 fully saturated rings. The number of nitrogens with two attached hydrogens (primary N) is 1. The van der Waals surface area contributed by atoms with Gasteiger partial charge >= 0.3 is 0 Å². The first-order chi connectivity index (χ1) is 11.6. The fourth-order valence-electron chi connectivity index (χ4n) is 3.10. The van der Waals surface area contributed by atoms with Crippen LogP contribution in [0.15, 0.2) is 22.8 Å². The van der Waals surface area contributed by atoms with Crippen LogP contribution in [-0.2, 0) is 4.79 Å². The highest BCUT2D eigenvalue weighted by atomic mass is 16.6. The van der Waals surface area contributed by atoms with Crippen LogP contribution < -0.4 is 20.5 Å². The van der Waals surface area contributed by atoms with Gasteiger partial charge in [0.2, 0.25) is 11.6 Å². The van der Waals surface area contributed by atoms with Crippen molar-refractivity contribution in [1.82, 2.24) is 10.3 Å². The van der Waals surface area contributed by atoms with Crippen LogP contribution in [0.1, 0.15) is 30.7 Å². The normalized spacial score (nSPS) is 20.7. The van der Waals surface area contributed by atoms with E-state index in [1.165, 1.54) is 0 Å². The lowest BCUT2D eigenvalue weighted by Crippen LogP contribution is -2.31. The van der Waals surface area contributed by atoms with Crippen LogP contribution in [0, 0.1) is 0 Å². The highest BCUT2D eigenvalue weighted by molar-refractivity contribution is 5.81. The predicted molar refractivity (Wildman–Crippen MR) is 87.3 cm³/mol. The Bertz CT molecular complexity index is 731. The van der Waals surface area contributed by atoms with Crippen LogP contribution in [0.2, 0.25) is 0 Å². The summed E-state index contributed by atoms with van der Waals surface area (Å²) in [6.07, 6.45) is 1.70. The van der Waals surface area contributed by atoms with Gasteiger partial charge in [0.1, 0.15) is 5.78 Å². The van der Waals surface area contributed by atoms with E-state index in [1.807, 2.05) is 18.2 Å². The molecule has 24 heavy (non-hydrogen) atoms. The van der Waals surface area contributed by atoms with E-state index in [4.69, 9.17) is 15.2 Å². The lowest BCUT2D eigenvalue weighted by molar-refractivity contribution is -0.120. The number of anilines is 2. The molecule has 128 valence electrons. The topological polar surface area (TPSA) is 112 Å². The summed E-state index contributed by atoms with van der Waals surface area (Å²) in [4.78, 5) is 12.2. The number of hydrogen-bond donors (Lipinski definition) is 2. The first-order valence-corrected chi connectivity index (χ1v) is 7.69. The van der Waals surface area contributed by atoms with Crippen LogP contribution >= 0.6 is 0 Å². The summed E-state index contributed by atoms with van der Waals surface area (Å²) in [5.41, 5.74) is 6.70. The second-order valence-corrected chi connectivity index (χ2v) is 5.83. The molecule has 1 aromatic heterocycles. The number of benzene rings is 1. The summed E-state index contributed by atoms with van der Waals surface area (Å²) in [6, 6.07) is 5.67. The van der Waals surface area contributed by atoms with E-state index >= 15 is 0 Å².